The largest absolute Gasteiger partial charge is 0.444 e. The smallest absolute Gasteiger partial charge is 0.410 e. The van der Waals surface area contributed by atoms with E-state index in [0.717, 1.165) is 25.7 Å². The van der Waals surface area contributed by atoms with E-state index in [1.807, 2.05) is 20.8 Å². The first kappa shape index (κ1) is 15.1. The molecular weight excluding hydrogens is 264 g/mol. The van der Waals surface area contributed by atoms with E-state index >= 15 is 0 Å². The van der Waals surface area contributed by atoms with Crippen LogP contribution in [0.5, 0.6) is 0 Å². The Morgan fingerprint density at radius 2 is 1.52 bits per heavy atom. The van der Waals surface area contributed by atoms with Crippen molar-refractivity contribution in [1.82, 2.24) is 9.80 Å². The minimum absolute atomic E-state index is 0.0907. The predicted octanol–water partition coefficient (Wildman–Crippen LogP) is 3.40. The third kappa shape index (κ3) is 3.36. The Hall–Kier alpha value is -0.770. The summed E-state index contributed by atoms with van der Waals surface area (Å²) in [5.74, 6) is 0. The average Bonchev–Trinajstić information content (AvgIpc) is 2.69. The van der Waals surface area contributed by atoms with Crippen LogP contribution in [0.25, 0.3) is 0 Å². The van der Waals surface area contributed by atoms with Crippen molar-refractivity contribution in [1.29, 1.82) is 0 Å². The second-order valence-electron chi connectivity index (χ2n) is 7.99. The molecule has 4 heteroatoms. The molecule has 2 unspecified atom stereocenters. The highest BCUT2D eigenvalue weighted by Gasteiger charge is 2.46. The monoisotopic (exact) mass is 294 g/mol. The van der Waals surface area contributed by atoms with Gasteiger partial charge in [-0.25, -0.2) is 4.79 Å². The van der Waals surface area contributed by atoms with Gasteiger partial charge in [-0.1, -0.05) is 6.42 Å². The Bertz CT molecular complexity index is 371. The second kappa shape index (κ2) is 5.79. The molecule has 3 heterocycles. The molecule has 0 aliphatic carbocycles. The molecule has 0 N–H and O–H groups in total. The van der Waals surface area contributed by atoms with Gasteiger partial charge in [-0.3, -0.25) is 0 Å². The Balaban J connectivity index is 1.62. The SMILES string of the molecule is CC(C)(C)OC(=O)N1C2CCC1CC(N1CCCCC1)C2. The molecule has 0 radical (unpaired) electrons. The molecule has 3 aliphatic heterocycles. The zero-order chi connectivity index (χ0) is 15.0. The maximum atomic E-state index is 12.4. The summed E-state index contributed by atoms with van der Waals surface area (Å²) in [4.78, 5) is 17.2. The van der Waals surface area contributed by atoms with Crippen LogP contribution in [0.4, 0.5) is 4.79 Å². The van der Waals surface area contributed by atoms with Crippen molar-refractivity contribution in [2.75, 3.05) is 13.1 Å². The zero-order valence-electron chi connectivity index (χ0n) is 13.8. The Kier molecular flexibility index (Phi) is 4.17. The summed E-state index contributed by atoms with van der Waals surface area (Å²) < 4.78 is 5.61. The van der Waals surface area contributed by atoms with E-state index < -0.39 is 0 Å². The van der Waals surface area contributed by atoms with Crippen molar-refractivity contribution in [2.45, 2.75) is 89.4 Å². The van der Waals surface area contributed by atoms with Gasteiger partial charge in [0.25, 0.3) is 0 Å². The van der Waals surface area contributed by atoms with E-state index in [2.05, 4.69) is 9.80 Å². The normalized spacial score (nSPS) is 34.0. The lowest BCUT2D eigenvalue weighted by Gasteiger charge is -2.44. The molecule has 0 spiro atoms. The maximum Gasteiger partial charge on any atom is 0.410 e. The summed E-state index contributed by atoms with van der Waals surface area (Å²) in [6, 6.07) is 1.51. The number of hydrogen-bond donors (Lipinski definition) is 0. The van der Waals surface area contributed by atoms with E-state index in [1.54, 1.807) is 0 Å². The van der Waals surface area contributed by atoms with E-state index in [0.29, 0.717) is 18.1 Å². The van der Waals surface area contributed by atoms with Crippen molar-refractivity contribution < 1.29 is 9.53 Å². The quantitative estimate of drug-likeness (QED) is 0.743. The number of likely N-dealkylation sites (tertiary alicyclic amines) is 1. The summed E-state index contributed by atoms with van der Waals surface area (Å²) in [6.07, 6.45) is 8.62. The summed E-state index contributed by atoms with van der Waals surface area (Å²) in [5, 5.41) is 0. The van der Waals surface area contributed by atoms with Crippen LogP contribution in [0.1, 0.15) is 65.7 Å². The van der Waals surface area contributed by atoms with Crippen molar-refractivity contribution >= 4 is 6.09 Å². The predicted molar refractivity (Wildman–Crippen MR) is 83.3 cm³/mol. The highest BCUT2D eigenvalue weighted by atomic mass is 16.6. The number of nitrogens with zero attached hydrogens (tertiary/aromatic N) is 2. The number of ether oxygens (including phenoxy) is 1. The average molecular weight is 294 g/mol. The highest BCUT2D eigenvalue weighted by molar-refractivity contribution is 5.69. The number of rotatable bonds is 1. The first-order chi connectivity index (χ1) is 9.94. The molecule has 0 aromatic carbocycles. The van der Waals surface area contributed by atoms with Crippen LogP contribution >= 0.6 is 0 Å². The highest BCUT2D eigenvalue weighted by Crippen LogP contribution is 2.39. The molecule has 120 valence electrons. The number of hydrogen-bond acceptors (Lipinski definition) is 3. The van der Waals surface area contributed by atoms with Crippen LogP contribution in [-0.2, 0) is 4.74 Å². The fourth-order valence-corrected chi connectivity index (χ4v) is 4.34. The molecule has 2 atom stereocenters. The lowest BCUT2D eigenvalue weighted by atomic mass is 9.94. The van der Waals surface area contributed by atoms with Gasteiger partial charge in [0.1, 0.15) is 5.60 Å². The minimum Gasteiger partial charge on any atom is -0.444 e. The Morgan fingerprint density at radius 3 is 2.05 bits per heavy atom. The minimum atomic E-state index is -0.389. The summed E-state index contributed by atoms with van der Waals surface area (Å²) in [7, 11) is 0. The fraction of sp³-hybridized carbons (Fsp3) is 0.941. The second-order valence-corrected chi connectivity index (χ2v) is 7.99. The number of fused-ring (bicyclic) bond motifs is 2. The molecule has 0 saturated carbocycles. The lowest BCUT2D eigenvalue weighted by Crippen LogP contribution is -2.54. The van der Waals surface area contributed by atoms with Gasteiger partial charge in [0.2, 0.25) is 0 Å². The topological polar surface area (TPSA) is 32.8 Å². The molecule has 4 nitrogen and oxygen atoms in total. The maximum absolute atomic E-state index is 12.4. The van der Waals surface area contributed by atoms with E-state index in [1.165, 1.54) is 32.4 Å². The van der Waals surface area contributed by atoms with Gasteiger partial charge in [-0.05, 0) is 72.4 Å². The van der Waals surface area contributed by atoms with Gasteiger partial charge < -0.3 is 14.5 Å². The summed E-state index contributed by atoms with van der Waals surface area (Å²) in [5.41, 5.74) is -0.389. The molecule has 0 aromatic rings. The molecule has 21 heavy (non-hydrogen) atoms. The first-order valence-electron chi connectivity index (χ1n) is 8.69. The van der Waals surface area contributed by atoms with Crippen molar-refractivity contribution in [2.24, 2.45) is 0 Å². The summed E-state index contributed by atoms with van der Waals surface area (Å²) >= 11 is 0. The molecule has 3 rings (SSSR count). The van der Waals surface area contributed by atoms with Gasteiger partial charge in [0, 0.05) is 18.1 Å². The molecule has 3 aliphatic rings. The van der Waals surface area contributed by atoms with Crippen molar-refractivity contribution in [3.8, 4) is 0 Å². The fourth-order valence-electron chi connectivity index (χ4n) is 4.34. The van der Waals surface area contributed by atoms with Gasteiger partial charge in [0.05, 0.1) is 0 Å². The lowest BCUT2D eigenvalue weighted by molar-refractivity contribution is -0.00591. The molecule has 0 aromatic heterocycles. The number of carbonyl (C=O) groups excluding carboxylic acids is 1. The van der Waals surface area contributed by atoms with Crippen molar-refractivity contribution in [3.63, 3.8) is 0 Å². The zero-order valence-corrected chi connectivity index (χ0v) is 13.8. The third-order valence-corrected chi connectivity index (χ3v) is 5.22. The van der Waals surface area contributed by atoms with Crippen LogP contribution in [0.15, 0.2) is 0 Å². The summed E-state index contributed by atoms with van der Waals surface area (Å²) in [6.45, 7) is 8.38. The van der Waals surface area contributed by atoms with Gasteiger partial charge in [-0.2, -0.15) is 0 Å². The van der Waals surface area contributed by atoms with Crippen LogP contribution in [0.3, 0.4) is 0 Å². The van der Waals surface area contributed by atoms with Crippen LogP contribution in [0.2, 0.25) is 0 Å². The van der Waals surface area contributed by atoms with Gasteiger partial charge in [-0.15, -0.1) is 0 Å². The van der Waals surface area contributed by atoms with E-state index in [9.17, 15) is 4.79 Å². The standard InChI is InChI=1S/C17H30N2O2/c1-17(2,3)21-16(20)19-13-7-8-14(19)12-15(11-13)18-9-5-4-6-10-18/h13-15H,4-12H2,1-3H3. The van der Waals surface area contributed by atoms with Crippen LogP contribution in [-0.4, -0.2) is 52.7 Å². The number of amides is 1. The number of piperidine rings is 2. The third-order valence-electron chi connectivity index (χ3n) is 5.22. The van der Waals surface area contributed by atoms with Crippen LogP contribution < -0.4 is 0 Å². The number of carbonyl (C=O) groups is 1. The first-order valence-corrected chi connectivity index (χ1v) is 8.69. The van der Waals surface area contributed by atoms with Gasteiger partial charge >= 0.3 is 6.09 Å². The molecule has 3 saturated heterocycles. The molecular formula is C17H30N2O2. The van der Waals surface area contributed by atoms with E-state index in [4.69, 9.17) is 4.74 Å². The van der Waals surface area contributed by atoms with Crippen LogP contribution in [0, 0.1) is 0 Å². The van der Waals surface area contributed by atoms with E-state index in [-0.39, 0.29) is 11.7 Å². The molecule has 2 bridgehead atoms. The van der Waals surface area contributed by atoms with Gasteiger partial charge in [0.15, 0.2) is 0 Å². The molecule has 1 amide bonds. The Morgan fingerprint density at radius 1 is 0.952 bits per heavy atom. The van der Waals surface area contributed by atoms with Crippen molar-refractivity contribution in [3.05, 3.63) is 0 Å². The molecule has 3 fully saturated rings. The Labute approximate surface area is 128 Å².